The van der Waals surface area contributed by atoms with Gasteiger partial charge in [0.15, 0.2) is 0 Å². The number of methoxy groups -OCH3 is 1. The molecule has 2 aromatic carbocycles. The number of sulfonamides is 1. The van der Waals surface area contributed by atoms with Crippen LogP contribution in [0.15, 0.2) is 41.3 Å². The summed E-state index contributed by atoms with van der Waals surface area (Å²) in [6, 6.07) is 7.51. The van der Waals surface area contributed by atoms with E-state index in [0.29, 0.717) is 0 Å². The fourth-order valence-electron chi connectivity index (χ4n) is 1.74. The van der Waals surface area contributed by atoms with Crippen molar-refractivity contribution in [1.82, 2.24) is 0 Å². The minimum Gasteiger partial charge on any atom is -0.507 e. The Hall–Kier alpha value is -1.96. The van der Waals surface area contributed by atoms with E-state index in [4.69, 9.17) is 23.2 Å². The zero-order chi connectivity index (χ0) is 17.2. The normalized spacial score (nSPS) is 11.1. The molecule has 0 spiro atoms. The second-order valence-corrected chi connectivity index (χ2v) is 6.90. The second kappa shape index (κ2) is 6.66. The van der Waals surface area contributed by atoms with E-state index >= 15 is 0 Å². The molecular weight excluding hydrogens is 365 g/mol. The Morgan fingerprint density at radius 2 is 1.83 bits per heavy atom. The molecule has 0 radical (unpaired) electrons. The predicted octanol–water partition coefficient (Wildman–Crippen LogP) is 3.29. The molecule has 0 bridgehead atoms. The van der Waals surface area contributed by atoms with E-state index in [-0.39, 0.29) is 26.2 Å². The van der Waals surface area contributed by atoms with Crippen molar-refractivity contribution in [2.24, 2.45) is 0 Å². The largest absolute Gasteiger partial charge is 0.507 e. The smallest absolute Gasteiger partial charge is 0.341 e. The highest BCUT2D eigenvalue weighted by molar-refractivity contribution is 7.92. The highest BCUT2D eigenvalue weighted by Crippen LogP contribution is 2.28. The Bertz CT molecular complexity index is 867. The monoisotopic (exact) mass is 375 g/mol. The van der Waals surface area contributed by atoms with E-state index < -0.39 is 21.7 Å². The highest BCUT2D eigenvalue weighted by atomic mass is 35.5. The van der Waals surface area contributed by atoms with Gasteiger partial charge in [-0.1, -0.05) is 23.2 Å². The average molecular weight is 376 g/mol. The molecule has 9 heteroatoms. The van der Waals surface area contributed by atoms with Crippen LogP contribution >= 0.6 is 23.2 Å². The zero-order valence-corrected chi connectivity index (χ0v) is 14.0. The number of nitrogens with one attached hydrogen (secondary N) is 1. The number of esters is 1. The summed E-state index contributed by atoms with van der Waals surface area (Å²) in [5.41, 5.74) is -0.00814. The number of anilines is 1. The minimum absolute atomic E-state index is 0.0706. The summed E-state index contributed by atoms with van der Waals surface area (Å²) < 4.78 is 31.3. The molecule has 23 heavy (non-hydrogen) atoms. The Morgan fingerprint density at radius 3 is 2.39 bits per heavy atom. The van der Waals surface area contributed by atoms with Crippen LogP contribution in [0.1, 0.15) is 10.4 Å². The van der Waals surface area contributed by atoms with Crippen LogP contribution in [-0.2, 0) is 14.8 Å². The lowest BCUT2D eigenvalue weighted by Crippen LogP contribution is -2.13. The van der Waals surface area contributed by atoms with Crippen LogP contribution in [0.5, 0.6) is 5.75 Å². The van der Waals surface area contributed by atoms with Gasteiger partial charge in [0, 0.05) is 6.07 Å². The molecule has 2 rings (SSSR count). The molecule has 6 nitrogen and oxygen atoms in total. The van der Waals surface area contributed by atoms with Crippen molar-refractivity contribution in [1.29, 1.82) is 0 Å². The Kier molecular flexibility index (Phi) is 5.03. The summed E-state index contributed by atoms with van der Waals surface area (Å²) in [5, 5.41) is 10.1. The van der Waals surface area contributed by atoms with E-state index in [1.54, 1.807) is 0 Å². The lowest BCUT2D eigenvalue weighted by molar-refractivity contribution is 0.0597. The lowest BCUT2D eigenvalue weighted by atomic mass is 10.2. The topological polar surface area (TPSA) is 92.7 Å². The van der Waals surface area contributed by atoms with Crippen LogP contribution < -0.4 is 4.72 Å². The standard InChI is InChI=1S/C14H11Cl2NO5S/c1-22-14(19)10-4-2-8(6-13(10)18)17-23(20,21)9-3-5-11(15)12(16)7-9/h2-7,17-18H,1H3. The Balaban J connectivity index is 2.32. The minimum atomic E-state index is -3.93. The third kappa shape index (κ3) is 3.87. The van der Waals surface area contributed by atoms with Crippen LogP contribution in [0.25, 0.3) is 0 Å². The Labute approximate surface area is 142 Å². The number of benzene rings is 2. The van der Waals surface area contributed by atoms with Gasteiger partial charge in [0.2, 0.25) is 0 Å². The first-order valence-electron chi connectivity index (χ1n) is 6.14. The fourth-order valence-corrected chi connectivity index (χ4v) is 3.17. The van der Waals surface area contributed by atoms with Crippen LogP contribution in [0, 0.1) is 0 Å². The molecule has 122 valence electrons. The SMILES string of the molecule is COC(=O)c1ccc(NS(=O)(=O)c2ccc(Cl)c(Cl)c2)cc1O. The van der Waals surface area contributed by atoms with Gasteiger partial charge >= 0.3 is 5.97 Å². The number of hydrogen-bond acceptors (Lipinski definition) is 5. The second-order valence-electron chi connectivity index (χ2n) is 4.40. The third-order valence-corrected chi connectivity index (χ3v) is 4.97. The summed E-state index contributed by atoms with van der Waals surface area (Å²) in [6.07, 6.45) is 0. The molecule has 0 aromatic heterocycles. The summed E-state index contributed by atoms with van der Waals surface area (Å²) in [6.45, 7) is 0. The highest BCUT2D eigenvalue weighted by Gasteiger charge is 2.18. The molecule has 0 aliphatic heterocycles. The molecule has 0 amide bonds. The van der Waals surface area contributed by atoms with E-state index in [0.717, 1.165) is 6.07 Å². The van der Waals surface area contributed by atoms with Crippen molar-refractivity contribution < 1.29 is 23.1 Å². The molecule has 0 saturated carbocycles. The maximum absolute atomic E-state index is 12.3. The number of aromatic hydroxyl groups is 1. The summed E-state index contributed by atoms with van der Waals surface area (Å²) in [7, 11) is -2.76. The zero-order valence-electron chi connectivity index (χ0n) is 11.7. The first-order chi connectivity index (χ1) is 10.7. The van der Waals surface area contributed by atoms with Gasteiger partial charge in [-0.25, -0.2) is 13.2 Å². The van der Waals surface area contributed by atoms with E-state index in [1.165, 1.54) is 37.4 Å². The number of carbonyl (C=O) groups excluding carboxylic acids is 1. The van der Waals surface area contributed by atoms with Gasteiger partial charge in [-0.05, 0) is 30.3 Å². The quantitative estimate of drug-likeness (QED) is 0.799. The van der Waals surface area contributed by atoms with Gasteiger partial charge in [0.05, 0.1) is 27.7 Å². The lowest BCUT2D eigenvalue weighted by Gasteiger charge is -2.10. The van der Waals surface area contributed by atoms with Crippen molar-refractivity contribution in [2.45, 2.75) is 4.90 Å². The molecule has 0 aliphatic rings. The van der Waals surface area contributed by atoms with Gasteiger partial charge < -0.3 is 9.84 Å². The van der Waals surface area contributed by atoms with E-state index in [9.17, 15) is 18.3 Å². The van der Waals surface area contributed by atoms with Crippen molar-refractivity contribution in [3.63, 3.8) is 0 Å². The summed E-state index contributed by atoms with van der Waals surface area (Å²) in [4.78, 5) is 11.3. The molecule has 2 N–H and O–H groups in total. The first-order valence-corrected chi connectivity index (χ1v) is 8.37. The number of carbonyl (C=O) groups is 1. The number of halogens is 2. The van der Waals surface area contributed by atoms with E-state index in [2.05, 4.69) is 9.46 Å². The molecule has 0 unspecified atom stereocenters. The number of ether oxygens (including phenoxy) is 1. The van der Waals surface area contributed by atoms with Gasteiger partial charge in [0.25, 0.3) is 10.0 Å². The maximum atomic E-state index is 12.3. The Morgan fingerprint density at radius 1 is 1.13 bits per heavy atom. The average Bonchev–Trinajstić information content (AvgIpc) is 2.49. The maximum Gasteiger partial charge on any atom is 0.341 e. The van der Waals surface area contributed by atoms with Crippen LogP contribution in [-0.4, -0.2) is 26.6 Å². The summed E-state index contributed by atoms with van der Waals surface area (Å²) >= 11 is 11.6. The molecule has 0 aliphatic carbocycles. The van der Waals surface area contributed by atoms with Crippen molar-refractivity contribution in [3.8, 4) is 5.75 Å². The number of phenolic OH excluding ortho intramolecular Hbond substituents is 1. The van der Waals surface area contributed by atoms with Crippen LogP contribution in [0.2, 0.25) is 10.0 Å². The molecule has 0 heterocycles. The molecule has 2 aromatic rings. The van der Waals surface area contributed by atoms with Gasteiger partial charge in [-0.2, -0.15) is 0 Å². The summed E-state index contributed by atoms with van der Waals surface area (Å²) in [5.74, 6) is -1.15. The molecule has 0 fully saturated rings. The van der Waals surface area contributed by atoms with Gasteiger partial charge in [-0.3, -0.25) is 4.72 Å². The van der Waals surface area contributed by atoms with Crippen LogP contribution in [0.4, 0.5) is 5.69 Å². The molecule has 0 saturated heterocycles. The fraction of sp³-hybridized carbons (Fsp3) is 0.0714. The third-order valence-electron chi connectivity index (χ3n) is 2.86. The van der Waals surface area contributed by atoms with Crippen molar-refractivity contribution in [2.75, 3.05) is 11.8 Å². The molecule has 0 atom stereocenters. The first kappa shape index (κ1) is 17.4. The number of rotatable bonds is 4. The predicted molar refractivity (Wildman–Crippen MR) is 86.7 cm³/mol. The molecular formula is C14H11Cl2NO5S. The number of phenols is 1. The van der Waals surface area contributed by atoms with Crippen LogP contribution in [0.3, 0.4) is 0 Å². The van der Waals surface area contributed by atoms with Gasteiger partial charge in [0.1, 0.15) is 11.3 Å². The van der Waals surface area contributed by atoms with Crippen molar-refractivity contribution >= 4 is 44.9 Å². The van der Waals surface area contributed by atoms with Crippen molar-refractivity contribution in [3.05, 3.63) is 52.0 Å². The van der Waals surface area contributed by atoms with Gasteiger partial charge in [-0.15, -0.1) is 0 Å². The number of hydrogen-bond donors (Lipinski definition) is 2. The van der Waals surface area contributed by atoms with E-state index in [1.807, 2.05) is 0 Å².